The summed E-state index contributed by atoms with van der Waals surface area (Å²) in [5, 5.41) is 11.6. The zero-order valence-corrected chi connectivity index (χ0v) is 11.9. The Bertz CT molecular complexity index is 448. The molecule has 0 saturated carbocycles. The highest BCUT2D eigenvalue weighted by molar-refractivity contribution is 7.80. The number of benzene rings is 1. The van der Waals surface area contributed by atoms with E-state index in [1.54, 1.807) is 43.1 Å². The Morgan fingerprint density at radius 1 is 1.47 bits per heavy atom. The maximum Gasteiger partial charge on any atom is 0.241 e. The first-order valence-electron chi connectivity index (χ1n) is 5.97. The second-order valence-corrected chi connectivity index (χ2v) is 4.75. The molecule has 0 aliphatic carbocycles. The smallest absolute Gasteiger partial charge is 0.241 e. The van der Waals surface area contributed by atoms with E-state index in [1.807, 2.05) is 0 Å². The summed E-state index contributed by atoms with van der Waals surface area (Å²) in [6.07, 6.45) is 0. The van der Waals surface area contributed by atoms with Crippen LogP contribution in [0.15, 0.2) is 24.3 Å². The molecule has 4 N–H and O–H groups in total. The van der Waals surface area contributed by atoms with Crippen molar-refractivity contribution < 1.29 is 9.90 Å². The first-order valence-corrected chi connectivity index (χ1v) is 6.38. The van der Waals surface area contributed by atoms with Crippen molar-refractivity contribution in [3.63, 3.8) is 0 Å². The second-order valence-electron chi connectivity index (χ2n) is 4.31. The van der Waals surface area contributed by atoms with Gasteiger partial charge in [-0.2, -0.15) is 0 Å². The van der Waals surface area contributed by atoms with E-state index in [9.17, 15) is 4.79 Å². The fourth-order valence-electron chi connectivity index (χ4n) is 1.52. The third-order valence-corrected chi connectivity index (χ3v) is 3.17. The minimum absolute atomic E-state index is 0.0246. The van der Waals surface area contributed by atoms with Crippen molar-refractivity contribution in [1.29, 1.82) is 0 Å². The molecule has 1 unspecified atom stereocenters. The summed E-state index contributed by atoms with van der Waals surface area (Å²) in [6, 6.07) is 6.72. The van der Waals surface area contributed by atoms with E-state index in [2.05, 4.69) is 5.32 Å². The molecule has 0 spiro atoms. The minimum Gasteiger partial charge on any atom is -0.395 e. The van der Waals surface area contributed by atoms with Crippen LogP contribution >= 0.6 is 12.2 Å². The molecule has 1 rings (SSSR count). The zero-order valence-electron chi connectivity index (χ0n) is 11.1. The number of aliphatic hydroxyl groups excluding tert-OH is 1. The predicted octanol–water partition coefficient (Wildman–Crippen LogP) is 0.572. The molecular weight excluding hydrogens is 262 g/mol. The van der Waals surface area contributed by atoms with E-state index in [1.165, 1.54) is 0 Å². The van der Waals surface area contributed by atoms with Gasteiger partial charge in [-0.05, 0) is 38.2 Å². The first-order chi connectivity index (χ1) is 8.95. The molecule has 1 aromatic rings. The standard InChI is InChI=1S/C13H19N3O2S/c1-9(16(2)7-8-17)13(18)15-11-5-3-10(4-6-11)12(14)19/h3-6,9,17H,7-8H2,1-2H3,(H2,14,19)(H,15,18). The summed E-state index contributed by atoms with van der Waals surface area (Å²) in [4.78, 5) is 14.1. The van der Waals surface area contributed by atoms with Gasteiger partial charge in [-0.1, -0.05) is 12.2 Å². The maximum atomic E-state index is 12.0. The number of hydrogen-bond donors (Lipinski definition) is 3. The van der Waals surface area contributed by atoms with Gasteiger partial charge in [-0.15, -0.1) is 0 Å². The fraction of sp³-hybridized carbons (Fsp3) is 0.385. The highest BCUT2D eigenvalue weighted by Crippen LogP contribution is 2.10. The molecule has 0 aliphatic rings. The molecule has 19 heavy (non-hydrogen) atoms. The molecule has 1 aromatic carbocycles. The topological polar surface area (TPSA) is 78.6 Å². The van der Waals surface area contributed by atoms with E-state index in [-0.39, 0.29) is 18.6 Å². The number of carbonyl (C=O) groups excluding carboxylic acids is 1. The van der Waals surface area contributed by atoms with Crippen molar-refractivity contribution in [3.8, 4) is 0 Å². The van der Waals surface area contributed by atoms with Crippen molar-refractivity contribution in [1.82, 2.24) is 4.90 Å². The van der Waals surface area contributed by atoms with Crippen molar-refractivity contribution in [2.75, 3.05) is 25.5 Å². The average Bonchev–Trinajstić information content (AvgIpc) is 2.38. The van der Waals surface area contributed by atoms with E-state index in [4.69, 9.17) is 23.1 Å². The molecule has 1 atom stereocenters. The van der Waals surface area contributed by atoms with Crippen LogP contribution in [-0.4, -0.2) is 47.1 Å². The summed E-state index contributed by atoms with van der Waals surface area (Å²) in [5.74, 6) is -0.126. The number of nitrogens with one attached hydrogen (secondary N) is 1. The molecule has 0 heterocycles. The summed E-state index contributed by atoms with van der Waals surface area (Å²) in [6.45, 7) is 2.26. The first kappa shape index (κ1) is 15.6. The predicted molar refractivity (Wildman–Crippen MR) is 80.1 cm³/mol. The van der Waals surface area contributed by atoms with E-state index in [0.717, 1.165) is 5.56 Å². The number of carbonyl (C=O) groups is 1. The molecule has 5 nitrogen and oxygen atoms in total. The SMILES string of the molecule is CC(C(=O)Nc1ccc(C(N)=S)cc1)N(C)CCO. The molecule has 0 radical (unpaired) electrons. The Balaban J connectivity index is 2.63. The van der Waals surface area contributed by atoms with Crippen LogP contribution in [0, 0.1) is 0 Å². The number of aliphatic hydroxyl groups is 1. The lowest BCUT2D eigenvalue weighted by Gasteiger charge is -2.22. The number of likely N-dealkylation sites (N-methyl/N-ethyl adjacent to an activating group) is 1. The molecule has 0 bridgehead atoms. The Labute approximate surface area is 118 Å². The van der Waals surface area contributed by atoms with Gasteiger partial charge in [0.2, 0.25) is 5.91 Å². The van der Waals surface area contributed by atoms with Crippen LogP contribution in [0.2, 0.25) is 0 Å². The molecular formula is C13H19N3O2S. The fourth-order valence-corrected chi connectivity index (χ4v) is 1.65. The largest absolute Gasteiger partial charge is 0.395 e. The number of nitrogens with zero attached hydrogens (tertiary/aromatic N) is 1. The maximum absolute atomic E-state index is 12.0. The van der Waals surface area contributed by atoms with Crippen LogP contribution in [-0.2, 0) is 4.79 Å². The van der Waals surface area contributed by atoms with Gasteiger partial charge in [0.15, 0.2) is 0 Å². The van der Waals surface area contributed by atoms with E-state index in [0.29, 0.717) is 17.2 Å². The van der Waals surface area contributed by atoms with Gasteiger partial charge in [-0.25, -0.2) is 0 Å². The summed E-state index contributed by atoms with van der Waals surface area (Å²) >= 11 is 4.86. The molecule has 6 heteroatoms. The third-order valence-electron chi connectivity index (χ3n) is 2.93. The Hall–Kier alpha value is -1.50. The van der Waals surface area contributed by atoms with Crippen LogP contribution in [0.1, 0.15) is 12.5 Å². The monoisotopic (exact) mass is 281 g/mol. The van der Waals surface area contributed by atoms with Crippen molar-refractivity contribution >= 4 is 28.8 Å². The van der Waals surface area contributed by atoms with Gasteiger partial charge in [0.05, 0.1) is 12.6 Å². The molecule has 0 aromatic heterocycles. The molecule has 0 aliphatic heterocycles. The zero-order chi connectivity index (χ0) is 14.4. The third kappa shape index (κ3) is 4.59. The Morgan fingerprint density at radius 2 is 2.05 bits per heavy atom. The number of amides is 1. The number of nitrogens with two attached hydrogens (primary N) is 1. The summed E-state index contributed by atoms with van der Waals surface area (Å²) in [7, 11) is 1.79. The van der Waals surface area contributed by atoms with Crippen LogP contribution in [0.4, 0.5) is 5.69 Å². The molecule has 1 amide bonds. The van der Waals surface area contributed by atoms with Gasteiger partial charge < -0.3 is 16.2 Å². The molecule has 0 saturated heterocycles. The highest BCUT2D eigenvalue weighted by Gasteiger charge is 2.17. The highest BCUT2D eigenvalue weighted by atomic mass is 32.1. The van der Waals surface area contributed by atoms with E-state index < -0.39 is 0 Å². The van der Waals surface area contributed by atoms with Gasteiger partial charge >= 0.3 is 0 Å². The Morgan fingerprint density at radius 3 is 2.53 bits per heavy atom. The summed E-state index contributed by atoms with van der Waals surface area (Å²) < 4.78 is 0. The molecule has 0 fully saturated rings. The van der Waals surface area contributed by atoms with Gasteiger partial charge in [-0.3, -0.25) is 9.69 Å². The quantitative estimate of drug-likeness (QED) is 0.665. The van der Waals surface area contributed by atoms with Gasteiger partial charge in [0.1, 0.15) is 4.99 Å². The lowest BCUT2D eigenvalue weighted by molar-refractivity contribution is -0.120. The summed E-state index contributed by atoms with van der Waals surface area (Å²) in [5.41, 5.74) is 6.95. The number of anilines is 1. The van der Waals surface area contributed by atoms with Gasteiger partial charge in [0, 0.05) is 17.8 Å². The number of hydrogen-bond acceptors (Lipinski definition) is 4. The number of rotatable bonds is 6. The van der Waals surface area contributed by atoms with Crippen molar-refractivity contribution in [3.05, 3.63) is 29.8 Å². The van der Waals surface area contributed by atoms with Crippen LogP contribution in [0.5, 0.6) is 0 Å². The van der Waals surface area contributed by atoms with Crippen molar-refractivity contribution in [2.45, 2.75) is 13.0 Å². The Kier molecular flexibility index (Phi) is 5.88. The van der Waals surface area contributed by atoms with Crippen LogP contribution in [0.25, 0.3) is 0 Å². The molecule has 104 valence electrons. The minimum atomic E-state index is -0.317. The van der Waals surface area contributed by atoms with E-state index >= 15 is 0 Å². The van der Waals surface area contributed by atoms with Gasteiger partial charge in [0.25, 0.3) is 0 Å². The second kappa shape index (κ2) is 7.18. The lowest BCUT2D eigenvalue weighted by atomic mass is 10.2. The normalized spacial score (nSPS) is 12.2. The number of thiocarbonyl (C=S) groups is 1. The lowest BCUT2D eigenvalue weighted by Crippen LogP contribution is -2.40. The average molecular weight is 281 g/mol. The van der Waals surface area contributed by atoms with Crippen molar-refractivity contribution in [2.24, 2.45) is 5.73 Å². The van der Waals surface area contributed by atoms with Crippen LogP contribution < -0.4 is 11.1 Å². The van der Waals surface area contributed by atoms with Crippen LogP contribution in [0.3, 0.4) is 0 Å².